The lowest BCUT2D eigenvalue weighted by molar-refractivity contribution is -0.0875. The molecular weight excluding hydrogens is 206 g/mol. The first kappa shape index (κ1) is 10.8. The summed E-state index contributed by atoms with van der Waals surface area (Å²) in [5.74, 6) is 3.29. The van der Waals surface area contributed by atoms with Crippen molar-refractivity contribution in [3.63, 3.8) is 0 Å². The molecular formula is C16H27N. The Balaban J connectivity index is 1.68. The van der Waals surface area contributed by atoms with E-state index in [1.807, 2.05) is 0 Å². The minimum Gasteiger partial charge on any atom is -0.313 e. The van der Waals surface area contributed by atoms with Crippen LogP contribution in [-0.4, -0.2) is 12.6 Å². The molecule has 1 saturated heterocycles. The minimum absolute atomic E-state index is 0.547. The Bertz CT molecular complexity index is 295. The van der Waals surface area contributed by atoms with E-state index in [1.165, 1.54) is 13.0 Å². The molecule has 1 aliphatic heterocycles. The van der Waals surface area contributed by atoms with Crippen LogP contribution in [0.2, 0.25) is 0 Å². The van der Waals surface area contributed by atoms with Crippen LogP contribution in [0.25, 0.3) is 0 Å². The molecule has 0 aromatic carbocycles. The van der Waals surface area contributed by atoms with Gasteiger partial charge in [0.1, 0.15) is 0 Å². The second kappa shape index (κ2) is 3.29. The molecule has 17 heavy (non-hydrogen) atoms. The van der Waals surface area contributed by atoms with Crippen molar-refractivity contribution in [1.29, 1.82) is 0 Å². The highest BCUT2D eigenvalue weighted by molar-refractivity contribution is 5.11. The Morgan fingerprint density at radius 3 is 1.82 bits per heavy atom. The van der Waals surface area contributed by atoms with Gasteiger partial charge >= 0.3 is 0 Å². The van der Waals surface area contributed by atoms with E-state index in [9.17, 15) is 0 Å². The summed E-state index contributed by atoms with van der Waals surface area (Å²) in [6, 6.07) is 0.823. The molecule has 1 unspecified atom stereocenters. The Morgan fingerprint density at radius 2 is 1.41 bits per heavy atom. The molecule has 5 fully saturated rings. The molecule has 4 aliphatic carbocycles. The number of nitrogens with one attached hydrogen (secondary N) is 1. The zero-order valence-electron chi connectivity index (χ0n) is 11.5. The zero-order chi connectivity index (χ0) is 11.7. The highest BCUT2D eigenvalue weighted by atomic mass is 15.0. The Labute approximate surface area is 106 Å². The molecule has 1 atom stereocenters. The molecule has 0 aromatic heterocycles. The van der Waals surface area contributed by atoms with Crippen LogP contribution in [0.4, 0.5) is 0 Å². The maximum Gasteiger partial charge on any atom is 0.0175 e. The number of hydrogen-bond donors (Lipinski definition) is 1. The van der Waals surface area contributed by atoms with Crippen molar-refractivity contribution in [2.24, 2.45) is 28.6 Å². The summed E-state index contributed by atoms with van der Waals surface area (Å²) in [4.78, 5) is 0. The van der Waals surface area contributed by atoms with Crippen molar-refractivity contribution in [3.05, 3.63) is 0 Å². The van der Waals surface area contributed by atoms with E-state index >= 15 is 0 Å². The summed E-state index contributed by atoms with van der Waals surface area (Å²) in [6.45, 7) is 6.28. The van der Waals surface area contributed by atoms with Gasteiger partial charge in [-0.2, -0.15) is 0 Å². The molecule has 0 aromatic rings. The van der Waals surface area contributed by atoms with Gasteiger partial charge in [0.2, 0.25) is 0 Å². The van der Waals surface area contributed by atoms with Gasteiger partial charge in [0.25, 0.3) is 0 Å². The van der Waals surface area contributed by atoms with Crippen LogP contribution in [0.1, 0.15) is 58.8 Å². The van der Waals surface area contributed by atoms with E-state index in [0.717, 1.165) is 23.8 Å². The van der Waals surface area contributed by atoms with Crippen LogP contribution in [0.5, 0.6) is 0 Å². The lowest BCUT2D eigenvalue weighted by atomic mass is 9.46. The fourth-order valence-electron chi connectivity index (χ4n) is 6.54. The Hall–Kier alpha value is -0.0400. The summed E-state index contributed by atoms with van der Waals surface area (Å²) in [5, 5.41) is 3.90. The Morgan fingerprint density at radius 1 is 0.882 bits per heavy atom. The summed E-state index contributed by atoms with van der Waals surface area (Å²) < 4.78 is 0. The fraction of sp³-hybridized carbons (Fsp3) is 1.00. The molecule has 0 radical (unpaired) electrons. The van der Waals surface area contributed by atoms with E-state index in [-0.39, 0.29) is 0 Å². The monoisotopic (exact) mass is 233 g/mol. The molecule has 0 spiro atoms. The molecule has 1 heteroatoms. The fourth-order valence-corrected chi connectivity index (χ4v) is 6.54. The van der Waals surface area contributed by atoms with Crippen LogP contribution < -0.4 is 5.32 Å². The lowest BCUT2D eigenvalue weighted by Gasteiger charge is -2.61. The highest BCUT2D eigenvalue weighted by Gasteiger charge is 2.57. The number of rotatable bonds is 1. The normalized spacial score (nSPS) is 55.4. The summed E-state index contributed by atoms with van der Waals surface area (Å²) >= 11 is 0. The zero-order valence-corrected chi connectivity index (χ0v) is 11.5. The molecule has 0 amide bonds. The van der Waals surface area contributed by atoms with Crippen LogP contribution in [0, 0.1) is 28.6 Å². The first-order valence-electron chi connectivity index (χ1n) is 7.81. The first-order valence-corrected chi connectivity index (χ1v) is 7.81. The molecule has 1 N–H and O–H groups in total. The molecule has 96 valence electrons. The van der Waals surface area contributed by atoms with Gasteiger partial charge < -0.3 is 5.32 Å². The maximum absolute atomic E-state index is 3.90. The standard InChI is InChI=1S/C16H27N/c1-15(2)3-4-17-14(15)16-8-11-5-12(9-16)7-13(6-11)10-16/h11-14,17H,3-10H2,1-2H3. The smallest absolute Gasteiger partial charge is 0.0175 e. The van der Waals surface area contributed by atoms with Crippen LogP contribution >= 0.6 is 0 Å². The van der Waals surface area contributed by atoms with E-state index in [1.54, 1.807) is 38.5 Å². The third-order valence-electron chi connectivity index (χ3n) is 6.60. The van der Waals surface area contributed by atoms with Crippen molar-refractivity contribution < 1.29 is 0 Å². The molecule has 5 aliphatic rings. The third-order valence-corrected chi connectivity index (χ3v) is 6.60. The SMILES string of the molecule is CC1(C)CCNC1C12CC3CC(CC(C3)C1)C2. The van der Waals surface area contributed by atoms with E-state index in [0.29, 0.717) is 10.8 Å². The average Bonchev–Trinajstić information content (AvgIpc) is 2.56. The number of hydrogen-bond acceptors (Lipinski definition) is 1. The molecule has 4 bridgehead atoms. The van der Waals surface area contributed by atoms with Crippen molar-refractivity contribution >= 4 is 0 Å². The van der Waals surface area contributed by atoms with Gasteiger partial charge in [-0.05, 0) is 80.1 Å². The Kier molecular flexibility index (Phi) is 2.10. The topological polar surface area (TPSA) is 12.0 Å². The van der Waals surface area contributed by atoms with Crippen molar-refractivity contribution in [2.45, 2.75) is 64.8 Å². The predicted molar refractivity (Wildman–Crippen MR) is 70.8 cm³/mol. The molecule has 4 saturated carbocycles. The third kappa shape index (κ3) is 1.47. The first-order chi connectivity index (χ1) is 8.07. The summed E-state index contributed by atoms with van der Waals surface area (Å²) in [7, 11) is 0. The van der Waals surface area contributed by atoms with Gasteiger partial charge in [-0.25, -0.2) is 0 Å². The van der Waals surface area contributed by atoms with Gasteiger partial charge in [-0.3, -0.25) is 0 Å². The van der Waals surface area contributed by atoms with Gasteiger partial charge in [0.15, 0.2) is 0 Å². The molecule has 5 rings (SSSR count). The summed E-state index contributed by atoms with van der Waals surface area (Å²) in [5.41, 5.74) is 1.25. The molecule has 1 heterocycles. The van der Waals surface area contributed by atoms with Gasteiger partial charge in [0, 0.05) is 6.04 Å². The van der Waals surface area contributed by atoms with E-state index < -0.39 is 0 Å². The van der Waals surface area contributed by atoms with Gasteiger partial charge in [-0.15, -0.1) is 0 Å². The van der Waals surface area contributed by atoms with Crippen LogP contribution in [0.15, 0.2) is 0 Å². The van der Waals surface area contributed by atoms with Crippen molar-refractivity contribution in [3.8, 4) is 0 Å². The quantitative estimate of drug-likeness (QED) is 0.730. The van der Waals surface area contributed by atoms with Crippen LogP contribution in [-0.2, 0) is 0 Å². The van der Waals surface area contributed by atoms with E-state index in [4.69, 9.17) is 0 Å². The van der Waals surface area contributed by atoms with E-state index in [2.05, 4.69) is 19.2 Å². The van der Waals surface area contributed by atoms with Crippen LogP contribution in [0.3, 0.4) is 0 Å². The minimum atomic E-state index is 0.547. The van der Waals surface area contributed by atoms with Gasteiger partial charge in [-0.1, -0.05) is 13.8 Å². The maximum atomic E-state index is 3.90. The predicted octanol–water partition coefficient (Wildman–Crippen LogP) is 3.59. The van der Waals surface area contributed by atoms with Crippen molar-refractivity contribution in [1.82, 2.24) is 5.32 Å². The highest BCUT2D eigenvalue weighted by Crippen LogP contribution is 2.63. The second-order valence-corrected chi connectivity index (χ2v) is 8.41. The van der Waals surface area contributed by atoms with Crippen molar-refractivity contribution in [2.75, 3.05) is 6.54 Å². The average molecular weight is 233 g/mol. The summed E-state index contributed by atoms with van der Waals surface area (Å²) in [6.07, 6.45) is 10.8. The molecule has 1 nitrogen and oxygen atoms in total. The largest absolute Gasteiger partial charge is 0.313 e. The lowest BCUT2D eigenvalue weighted by Crippen LogP contribution is -2.57. The second-order valence-electron chi connectivity index (χ2n) is 8.41. The van der Waals surface area contributed by atoms with Gasteiger partial charge in [0.05, 0.1) is 0 Å².